The first kappa shape index (κ1) is 18.6. The lowest BCUT2D eigenvalue weighted by molar-refractivity contribution is 0.366. The largest absolute Gasteiger partial charge is 0.502 e. The van der Waals surface area contributed by atoms with Crippen molar-refractivity contribution >= 4 is 44.8 Å². The average Bonchev–Trinajstić information content (AvgIpc) is 3.33. The van der Waals surface area contributed by atoms with Gasteiger partial charge in [-0.3, -0.25) is 19.4 Å². The third kappa shape index (κ3) is 2.43. The van der Waals surface area contributed by atoms with Crippen molar-refractivity contribution in [3.8, 4) is 11.5 Å². The smallest absolute Gasteiger partial charge is 0.274 e. The Balaban J connectivity index is 1.81. The van der Waals surface area contributed by atoms with Gasteiger partial charge in [0.15, 0.2) is 11.2 Å². The number of hydrogen-bond donors (Lipinski definition) is 3. The Morgan fingerprint density at radius 1 is 1.09 bits per heavy atom. The van der Waals surface area contributed by atoms with Crippen LogP contribution in [0.3, 0.4) is 0 Å². The molecule has 8 heteroatoms. The number of rotatable bonds is 2. The van der Waals surface area contributed by atoms with Gasteiger partial charge in [-0.05, 0) is 38.1 Å². The van der Waals surface area contributed by atoms with E-state index in [1.54, 1.807) is 10.7 Å². The van der Waals surface area contributed by atoms with E-state index in [4.69, 9.17) is 9.15 Å². The van der Waals surface area contributed by atoms with Gasteiger partial charge in [0, 0.05) is 28.1 Å². The fraction of sp³-hybridized carbons (Fsp3) is 0.167. The van der Waals surface area contributed by atoms with Crippen LogP contribution in [-0.4, -0.2) is 26.5 Å². The summed E-state index contributed by atoms with van der Waals surface area (Å²) in [5.41, 5.74) is 3.09. The minimum atomic E-state index is -0.527. The fourth-order valence-corrected chi connectivity index (χ4v) is 4.42. The van der Waals surface area contributed by atoms with Gasteiger partial charge in [-0.15, -0.1) is 0 Å². The molecule has 2 aromatic carbocycles. The highest BCUT2D eigenvalue weighted by Crippen LogP contribution is 2.40. The Kier molecular flexibility index (Phi) is 3.71. The molecule has 0 aliphatic carbocycles. The standard InChI is InChI=1S/C24H19N3O5/c1-11(2)27-23-18(24(30)26-27)17(13-9-12-5-3-4-6-16(12)31-10-13)22-19(25-23)14-7-8-15(28)20(29)21(14)32-22/h3-9,11,25,29H,10H2,1-2H3,(H,26,30). The van der Waals surface area contributed by atoms with Gasteiger partial charge in [0.05, 0.1) is 10.9 Å². The van der Waals surface area contributed by atoms with Crippen LogP contribution in [0, 0.1) is 0 Å². The van der Waals surface area contributed by atoms with Crippen LogP contribution >= 0.6 is 0 Å². The number of phenols is 1. The summed E-state index contributed by atoms with van der Waals surface area (Å²) in [7, 11) is 0. The molecular weight excluding hydrogens is 410 g/mol. The number of fused-ring (bicyclic) bond motifs is 5. The second-order valence-electron chi connectivity index (χ2n) is 8.22. The minimum absolute atomic E-state index is 0.0149. The second-order valence-corrected chi connectivity index (χ2v) is 8.22. The number of benzene rings is 2. The summed E-state index contributed by atoms with van der Waals surface area (Å²) in [5, 5.41) is 14.2. The molecule has 0 fully saturated rings. The van der Waals surface area contributed by atoms with Crippen molar-refractivity contribution in [2.24, 2.45) is 0 Å². The number of nitrogens with zero attached hydrogens (tertiary/aromatic N) is 1. The zero-order valence-electron chi connectivity index (χ0n) is 17.4. The summed E-state index contributed by atoms with van der Waals surface area (Å²) in [4.78, 5) is 28.4. The number of furan rings is 1. The lowest BCUT2D eigenvalue weighted by atomic mass is 9.98. The fourth-order valence-electron chi connectivity index (χ4n) is 4.42. The van der Waals surface area contributed by atoms with E-state index in [9.17, 15) is 14.7 Å². The SMILES string of the molecule is CC(C)n1[nH]c(=O)c2c(C3=Cc4ccccc4OC3)c3oc4c(O)c(=O)ccc4c3[nH]c21. The zero-order chi connectivity index (χ0) is 22.1. The summed E-state index contributed by atoms with van der Waals surface area (Å²) >= 11 is 0. The first-order valence-corrected chi connectivity index (χ1v) is 10.3. The van der Waals surface area contributed by atoms with Gasteiger partial charge in [0.1, 0.15) is 18.0 Å². The Morgan fingerprint density at radius 3 is 2.72 bits per heavy atom. The number of aromatic amines is 2. The van der Waals surface area contributed by atoms with Crippen molar-refractivity contribution < 1.29 is 14.3 Å². The lowest BCUT2D eigenvalue weighted by Crippen LogP contribution is -2.10. The van der Waals surface area contributed by atoms with Crippen molar-refractivity contribution in [1.82, 2.24) is 14.8 Å². The highest BCUT2D eigenvalue weighted by molar-refractivity contribution is 6.14. The van der Waals surface area contributed by atoms with Gasteiger partial charge in [0.25, 0.3) is 5.56 Å². The molecular formula is C24H19N3O5. The number of hydrogen-bond acceptors (Lipinski definition) is 5. The molecule has 0 radical (unpaired) electrons. The van der Waals surface area contributed by atoms with Crippen LogP contribution in [0.1, 0.15) is 31.0 Å². The number of aromatic hydroxyl groups is 1. The Morgan fingerprint density at radius 2 is 1.91 bits per heavy atom. The van der Waals surface area contributed by atoms with E-state index < -0.39 is 11.2 Å². The molecule has 0 saturated heterocycles. The summed E-state index contributed by atoms with van der Waals surface area (Å²) < 4.78 is 13.8. The van der Waals surface area contributed by atoms with Crippen LogP contribution in [0.4, 0.5) is 0 Å². The van der Waals surface area contributed by atoms with Crippen LogP contribution in [0.25, 0.3) is 44.8 Å². The molecule has 0 amide bonds. The van der Waals surface area contributed by atoms with Crippen LogP contribution in [-0.2, 0) is 0 Å². The number of para-hydroxylation sites is 1. The van der Waals surface area contributed by atoms with E-state index in [2.05, 4.69) is 10.1 Å². The molecule has 4 heterocycles. The quantitative estimate of drug-likeness (QED) is 0.390. The normalized spacial score (nSPS) is 13.7. The molecule has 3 N–H and O–H groups in total. The maximum Gasteiger partial charge on any atom is 0.274 e. The van der Waals surface area contributed by atoms with Gasteiger partial charge in [-0.25, -0.2) is 0 Å². The Labute approximate surface area is 180 Å². The number of H-pyrrole nitrogens is 2. The van der Waals surface area contributed by atoms with Gasteiger partial charge in [0.2, 0.25) is 11.2 Å². The predicted octanol–water partition coefficient (Wildman–Crippen LogP) is 4.14. The lowest BCUT2D eigenvalue weighted by Gasteiger charge is -2.19. The Bertz CT molecular complexity index is 1710. The number of phenolic OH excluding ortho intramolecular Hbond substituents is 1. The summed E-state index contributed by atoms with van der Waals surface area (Å²) in [5.74, 6) is 0.306. The highest BCUT2D eigenvalue weighted by Gasteiger charge is 2.26. The number of ether oxygens (including phenoxy) is 1. The van der Waals surface area contributed by atoms with E-state index in [-0.39, 0.29) is 23.8 Å². The predicted molar refractivity (Wildman–Crippen MR) is 122 cm³/mol. The molecule has 0 bridgehead atoms. The van der Waals surface area contributed by atoms with E-state index in [1.807, 2.05) is 44.2 Å². The average molecular weight is 429 g/mol. The molecule has 32 heavy (non-hydrogen) atoms. The number of aromatic nitrogens is 3. The molecule has 160 valence electrons. The van der Waals surface area contributed by atoms with Crippen LogP contribution < -0.4 is 15.7 Å². The number of nitrogens with one attached hydrogen (secondary N) is 2. The molecule has 0 atom stereocenters. The third-order valence-corrected chi connectivity index (χ3v) is 5.91. The van der Waals surface area contributed by atoms with E-state index >= 15 is 0 Å². The second kappa shape index (κ2) is 6.40. The molecule has 1 aliphatic rings. The molecule has 6 rings (SSSR count). The van der Waals surface area contributed by atoms with Gasteiger partial charge >= 0.3 is 0 Å². The molecule has 0 unspecified atom stereocenters. The molecule has 3 aromatic heterocycles. The first-order valence-electron chi connectivity index (χ1n) is 10.3. The third-order valence-electron chi connectivity index (χ3n) is 5.91. The Hall–Kier alpha value is -4.20. The maximum absolute atomic E-state index is 13.1. The van der Waals surface area contributed by atoms with Crippen molar-refractivity contribution in [2.45, 2.75) is 19.9 Å². The molecule has 1 aliphatic heterocycles. The molecule has 0 spiro atoms. The van der Waals surface area contributed by atoms with Crippen LogP contribution in [0.15, 0.2) is 50.4 Å². The summed E-state index contributed by atoms with van der Waals surface area (Å²) in [6.45, 7) is 4.18. The minimum Gasteiger partial charge on any atom is -0.502 e. The van der Waals surface area contributed by atoms with Crippen molar-refractivity contribution in [3.05, 3.63) is 68.1 Å². The summed E-state index contributed by atoms with van der Waals surface area (Å²) in [6.07, 6.45) is 1.98. The molecule has 8 nitrogen and oxygen atoms in total. The van der Waals surface area contributed by atoms with E-state index in [0.29, 0.717) is 33.1 Å². The zero-order valence-corrected chi connectivity index (χ0v) is 17.4. The van der Waals surface area contributed by atoms with Crippen molar-refractivity contribution in [1.29, 1.82) is 0 Å². The van der Waals surface area contributed by atoms with E-state index in [0.717, 1.165) is 16.9 Å². The van der Waals surface area contributed by atoms with Gasteiger partial charge in [-0.2, -0.15) is 0 Å². The molecule has 0 saturated carbocycles. The van der Waals surface area contributed by atoms with Crippen molar-refractivity contribution in [3.63, 3.8) is 0 Å². The summed E-state index contributed by atoms with van der Waals surface area (Å²) in [6, 6.07) is 10.6. The highest BCUT2D eigenvalue weighted by atomic mass is 16.5. The van der Waals surface area contributed by atoms with Crippen LogP contribution in [0.5, 0.6) is 11.5 Å². The monoisotopic (exact) mass is 429 g/mol. The van der Waals surface area contributed by atoms with Crippen molar-refractivity contribution in [2.75, 3.05) is 6.61 Å². The van der Waals surface area contributed by atoms with E-state index in [1.165, 1.54) is 6.07 Å². The maximum atomic E-state index is 13.1. The molecule has 5 aromatic rings. The number of pyridine rings is 1. The van der Waals surface area contributed by atoms with Crippen LogP contribution in [0.2, 0.25) is 0 Å². The van der Waals surface area contributed by atoms with Gasteiger partial charge in [-0.1, -0.05) is 18.2 Å². The van der Waals surface area contributed by atoms with Gasteiger partial charge < -0.3 is 19.2 Å². The first-order chi connectivity index (χ1) is 15.4. The topological polar surface area (TPSA) is 113 Å².